The largest absolute Gasteiger partial charge is 0.416 e. The van der Waals surface area contributed by atoms with Crippen molar-refractivity contribution >= 4 is 28.1 Å². The fourth-order valence-corrected chi connectivity index (χ4v) is 4.06. The van der Waals surface area contributed by atoms with Crippen LogP contribution in [0.5, 0.6) is 0 Å². The fourth-order valence-electron chi connectivity index (χ4n) is 3.22. The molecule has 4 rings (SSSR count). The van der Waals surface area contributed by atoms with Gasteiger partial charge in [-0.05, 0) is 53.8 Å². The summed E-state index contributed by atoms with van der Waals surface area (Å²) in [5.74, 6) is 0.0110. The number of aryl methyl sites for hydroxylation is 1. The molecule has 0 saturated carbocycles. The molecule has 1 aliphatic heterocycles. The number of hydrogen-bond donors (Lipinski definition) is 2. The number of halogens is 3. The predicted octanol–water partition coefficient (Wildman–Crippen LogP) is 7.81. The van der Waals surface area contributed by atoms with E-state index in [9.17, 15) is 18.0 Å². The lowest BCUT2D eigenvalue weighted by Gasteiger charge is -2.08. The zero-order valence-electron chi connectivity index (χ0n) is 20.1. The van der Waals surface area contributed by atoms with Crippen LogP contribution in [0, 0.1) is 0 Å². The molecule has 34 heavy (non-hydrogen) atoms. The summed E-state index contributed by atoms with van der Waals surface area (Å²) in [6.07, 6.45) is 0.626. The van der Waals surface area contributed by atoms with Crippen molar-refractivity contribution in [1.82, 2.24) is 4.98 Å². The van der Waals surface area contributed by atoms with Crippen LogP contribution in [0.1, 0.15) is 57.2 Å². The van der Waals surface area contributed by atoms with Gasteiger partial charge in [-0.15, -0.1) is 0 Å². The zero-order valence-corrected chi connectivity index (χ0v) is 20.9. The fraction of sp³-hybridized carbons (Fsp3) is 0.385. The summed E-state index contributed by atoms with van der Waals surface area (Å²) in [5.41, 5.74) is 3.13. The minimum absolute atomic E-state index is 0.0110. The van der Waals surface area contributed by atoms with Gasteiger partial charge < -0.3 is 10.6 Å². The number of rotatable bonds is 6. The molecular formula is C26H32F3N3OS. The number of carbonyl (C=O) groups excluding carboxylic acids is 1. The van der Waals surface area contributed by atoms with Gasteiger partial charge in [-0.3, -0.25) is 4.79 Å². The summed E-state index contributed by atoms with van der Waals surface area (Å²) in [5, 5.41) is 6.87. The van der Waals surface area contributed by atoms with Crippen LogP contribution in [-0.2, 0) is 23.8 Å². The summed E-state index contributed by atoms with van der Waals surface area (Å²) in [6.45, 7) is 8.93. The maximum absolute atomic E-state index is 12.6. The Hall–Kier alpha value is -2.87. The minimum atomic E-state index is -4.30. The van der Waals surface area contributed by atoms with Gasteiger partial charge in [-0.25, -0.2) is 4.98 Å². The molecule has 184 valence electrons. The van der Waals surface area contributed by atoms with Crippen molar-refractivity contribution in [2.75, 3.05) is 17.2 Å². The minimum Gasteiger partial charge on any atom is -0.361 e. The van der Waals surface area contributed by atoms with E-state index in [1.54, 1.807) is 6.20 Å². The number of thiazole rings is 1. The van der Waals surface area contributed by atoms with Gasteiger partial charge in [-0.1, -0.05) is 63.7 Å². The molecule has 0 bridgehead atoms. The molecule has 4 nitrogen and oxygen atoms in total. The monoisotopic (exact) mass is 491 g/mol. The predicted molar refractivity (Wildman–Crippen MR) is 135 cm³/mol. The summed E-state index contributed by atoms with van der Waals surface area (Å²) < 4.78 is 37.8. The molecule has 0 spiro atoms. The zero-order chi connectivity index (χ0) is 25.1. The second kappa shape index (κ2) is 13.1. The number of alkyl halides is 3. The Balaban J connectivity index is 0.000000758. The number of hydrogen-bond acceptors (Lipinski definition) is 4. The van der Waals surface area contributed by atoms with Crippen LogP contribution in [-0.4, -0.2) is 17.4 Å². The summed E-state index contributed by atoms with van der Waals surface area (Å²) in [7, 11) is 0. The number of aromatic nitrogens is 1. The van der Waals surface area contributed by atoms with Crippen molar-refractivity contribution in [3.05, 3.63) is 65.4 Å². The molecule has 0 fully saturated rings. The van der Waals surface area contributed by atoms with Gasteiger partial charge >= 0.3 is 6.18 Å². The molecule has 0 saturated heterocycles. The van der Waals surface area contributed by atoms with Crippen LogP contribution in [0.3, 0.4) is 0 Å². The number of anilines is 2. The van der Waals surface area contributed by atoms with Gasteiger partial charge in [0.15, 0.2) is 5.13 Å². The second-order valence-corrected chi connectivity index (χ2v) is 8.59. The Morgan fingerprint density at radius 3 is 2.41 bits per heavy atom. The maximum Gasteiger partial charge on any atom is 0.416 e. The molecule has 1 aromatic heterocycles. The highest BCUT2D eigenvalue weighted by molar-refractivity contribution is 7.18. The van der Waals surface area contributed by atoms with Crippen molar-refractivity contribution in [2.24, 2.45) is 0 Å². The highest BCUT2D eigenvalue weighted by atomic mass is 32.1. The van der Waals surface area contributed by atoms with E-state index in [1.807, 2.05) is 32.0 Å². The second-order valence-electron chi connectivity index (χ2n) is 7.56. The van der Waals surface area contributed by atoms with E-state index >= 15 is 0 Å². The molecule has 8 heteroatoms. The molecule has 0 aliphatic carbocycles. The molecule has 0 atom stereocenters. The molecule has 1 amide bonds. The number of nitrogens with one attached hydrogen (secondary N) is 2. The average molecular weight is 492 g/mol. The standard InChI is InChI=1S/C21H18F3N3OS.C3H8.C2H6/c22-21(23,24)16-6-3-13(4-7-16)2-1-9-25-20-26-12-18(29-20)14-5-8-17-15(10-14)11-19(28)27-17;1-3-2;1-2/h3-8,10,12H,1-2,9,11H2,(H,25,26)(H,27,28);3H2,1-2H3;1-2H3. The highest BCUT2D eigenvalue weighted by Gasteiger charge is 2.29. The SMILES string of the molecule is CC.CCC.O=C1Cc2cc(-c3cnc(NCCCc4ccc(C(F)(F)F)cc4)s3)ccc2N1. The van der Waals surface area contributed by atoms with Crippen molar-refractivity contribution in [3.8, 4) is 10.4 Å². The lowest BCUT2D eigenvalue weighted by atomic mass is 10.1. The van der Waals surface area contributed by atoms with Crippen LogP contribution < -0.4 is 10.6 Å². The number of nitrogens with zero attached hydrogens (tertiary/aromatic N) is 1. The van der Waals surface area contributed by atoms with Crippen molar-refractivity contribution in [3.63, 3.8) is 0 Å². The van der Waals surface area contributed by atoms with Crippen LogP contribution in [0.25, 0.3) is 10.4 Å². The first kappa shape index (κ1) is 27.4. The molecule has 2 aromatic carbocycles. The normalized spacial score (nSPS) is 12.0. The van der Waals surface area contributed by atoms with E-state index in [0.717, 1.165) is 50.9 Å². The number of fused-ring (bicyclic) bond motifs is 1. The first-order valence-electron chi connectivity index (χ1n) is 11.6. The third-order valence-corrected chi connectivity index (χ3v) is 5.72. The lowest BCUT2D eigenvalue weighted by Crippen LogP contribution is -2.05. The van der Waals surface area contributed by atoms with Gasteiger partial charge in [0.1, 0.15) is 0 Å². The van der Waals surface area contributed by atoms with Crippen LogP contribution >= 0.6 is 11.3 Å². The summed E-state index contributed by atoms with van der Waals surface area (Å²) in [6, 6.07) is 11.2. The van der Waals surface area contributed by atoms with Gasteiger partial charge in [0.25, 0.3) is 0 Å². The van der Waals surface area contributed by atoms with Gasteiger partial charge in [0.2, 0.25) is 5.91 Å². The maximum atomic E-state index is 12.6. The van der Waals surface area contributed by atoms with E-state index in [1.165, 1.54) is 29.9 Å². The molecule has 0 unspecified atom stereocenters. The van der Waals surface area contributed by atoms with E-state index in [2.05, 4.69) is 29.5 Å². The Kier molecular flexibility index (Phi) is 10.6. The van der Waals surface area contributed by atoms with Crippen molar-refractivity contribution in [1.29, 1.82) is 0 Å². The Labute approximate surface area is 203 Å². The topological polar surface area (TPSA) is 54.0 Å². The molecule has 3 aromatic rings. The Morgan fingerprint density at radius 2 is 1.76 bits per heavy atom. The Morgan fingerprint density at radius 1 is 1.09 bits per heavy atom. The molecule has 2 N–H and O–H groups in total. The quantitative estimate of drug-likeness (QED) is 0.346. The van der Waals surface area contributed by atoms with Crippen LogP contribution in [0.15, 0.2) is 48.7 Å². The number of amides is 1. The van der Waals surface area contributed by atoms with Gasteiger partial charge in [-0.2, -0.15) is 13.2 Å². The molecule has 1 aliphatic rings. The first-order chi connectivity index (χ1) is 16.3. The van der Waals surface area contributed by atoms with Gasteiger partial charge in [0.05, 0.1) is 16.9 Å². The number of benzene rings is 2. The summed E-state index contributed by atoms with van der Waals surface area (Å²) >= 11 is 1.53. The van der Waals surface area contributed by atoms with Crippen molar-refractivity contribution < 1.29 is 18.0 Å². The average Bonchev–Trinajstić information content (AvgIpc) is 3.43. The molecule has 0 radical (unpaired) electrons. The Bertz CT molecular complexity index is 1050. The molecular weight excluding hydrogens is 459 g/mol. The van der Waals surface area contributed by atoms with Crippen molar-refractivity contribution in [2.45, 2.75) is 59.6 Å². The van der Waals surface area contributed by atoms with Crippen LogP contribution in [0.4, 0.5) is 24.0 Å². The van der Waals surface area contributed by atoms with E-state index in [0.29, 0.717) is 19.4 Å². The highest BCUT2D eigenvalue weighted by Crippen LogP contribution is 2.33. The smallest absolute Gasteiger partial charge is 0.361 e. The third kappa shape index (κ3) is 7.87. The van der Waals surface area contributed by atoms with E-state index < -0.39 is 11.7 Å². The van der Waals surface area contributed by atoms with E-state index in [4.69, 9.17) is 0 Å². The first-order valence-corrected chi connectivity index (χ1v) is 12.4. The lowest BCUT2D eigenvalue weighted by molar-refractivity contribution is -0.137. The van der Waals surface area contributed by atoms with Gasteiger partial charge in [0, 0.05) is 18.4 Å². The summed E-state index contributed by atoms with van der Waals surface area (Å²) in [4.78, 5) is 16.9. The van der Waals surface area contributed by atoms with E-state index in [-0.39, 0.29) is 5.91 Å². The number of carbonyl (C=O) groups is 1. The van der Waals surface area contributed by atoms with Crippen LogP contribution in [0.2, 0.25) is 0 Å². The third-order valence-electron chi connectivity index (χ3n) is 4.72. The molecule has 2 heterocycles.